The van der Waals surface area contributed by atoms with E-state index in [1.54, 1.807) is 54.8 Å². The summed E-state index contributed by atoms with van der Waals surface area (Å²) in [4.78, 5) is 4.73. The first kappa shape index (κ1) is 18.5. The lowest BCUT2D eigenvalue weighted by Crippen LogP contribution is -2.12. The molecule has 0 bridgehead atoms. The molecule has 0 aliphatic rings. The Balaban J connectivity index is 1.61. The molecule has 0 unspecified atom stereocenters. The number of halogens is 1. The van der Waals surface area contributed by atoms with Crippen molar-refractivity contribution in [2.75, 3.05) is 4.72 Å². The first-order valence-electron chi connectivity index (χ1n) is 8.41. The predicted octanol–water partition coefficient (Wildman–Crippen LogP) is 5.57. The number of hydrogen-bond acceptors (Lipinski definition) is 4. The molecule has 0 spiro atoms. The molecule has 0 amide bonds. The average Bonchev–Trinajstić information content (AvgIpc) is 3.19. The van der Waals surface area contributed by atoms with Gasteiger partial charge in [-0.15, -0.1) is 0 Å². The van der Waals surface area contributed by atoms with Gasteiger partial charge in [-0.05, 0) is 42.5 Å². The van der Waals surface area contributed by atoms with Crippen LogP contribution in [0, 0.1) is 0 Å². The molecule has 0 saturated heterocycles. The molecule has 1 heterocycles. The van der Waals surface area contributed by atoms with Crippen LogP contribution in [0.15, 0.2) is 98.9 Å². The van der Waals surface area contributed by atoms with E-state index in [0.29, 0.717) is 22.8 Å². The molecule has 0 aliphatic heterocycles. The molecule has 4 aromatic rings. The maximum Gasteiger partial charge on any atom is 0.261 e. The highest BCUT2D eigenvalue weighted by Crippen LogP contribution is 2.28. The van der Waals surface area contributed by atoms with Crippen molar-refractivity contribution in [3.8, 4) is 22.7 Å². The first-order valence-corrected chi connectivity index (χ1v) is 10.7. The minimum Gasteiger partial charge on any atom is -0.444 e. The predicted molar refractivity (Wildman–Crippen MR) is 112 cm³/mol. The summed E-state index contributed by atoms with van der Waals surface area (Å²) in [5.74, 6) is 0.413. The number of oxazole rings is 1. The summed E-state index contributed by atoms with van der Waals surface area (Å²) in [5, 5.41) is 0. The molecule has 3 aromatic carbocycles. The van der Waals surface area contributed by atoms with Crippen LogP contribution < -0.4 is 4.72 Å². The van der Waals surface area contributed by atoms with E-state index in [1.165, 1.54) is 0 Å². The molecular weight excluding hydrogens is 440 g/mol. The highest BCUT2D eigenvalue weighted by Gasteiger charge is 2.15. The summed E-state index contributed by atoms with van der Waals surface area (Å²) in [6, 6.07) is 22.9. The standard InChI is InChI=1S/C21H15BrN2O3S/c22-17-8-4-6-15(12-17)20-14-27-21(23-20)16-7-5-9-18(13-16)24-28(25,26)19-10-2-1-3-11-19/h1-14,24H. The van der Waals surface area contributed by atoms with E-state index in [1.807, 2.05) is 30.3 Å². The van der Waals surface area contributed by atoms with E-state index in [2.05, 4.69) is 25.6 Å². The number of aromatic nitrogens is 1. The van der Waals surface area contributed by atoms with E-state index < -0.39 is 10.0 Å². The van der Waals surface area contributed by atoms with Crippen molar-refractivity contribution in [1.29, 1.82) is 0 Å². The summed E-state index contributed by atoms with van der Waals surface area (Å²) in [5.41, 5.74) is 2.73. The molecule has 0 radical (unpaired) electrons. The van der Waals surface area contributed by atoms with Gasteiger partial charge in [0.05, 0.1) is 4.90 Å². The number of nitrogens with zero attached hydrogens (tertiary/aromatic N) is 1. The van der Waals surface area contributed by atoms with Crippen LogP contribution in [-0.2, 0) is 10.0 Å². The van der Waals surface area contributed by atoms with E-state index in [-0.39, 0.29) is 4.90 Å². The molecule has 4 rings (SSSR count). The summed E-state index contributed by atoms with van der Waals surface area (Å²) in [6.45, 7) is 0. The second-order valence-corrected chi connectivity index (χ2v) is 8.65. The van der Waals surface area contributed by atoms with Gasteiger partial charge in [0.25, 0.3) is 10.0 Å². The summed E-state index contributed by atoms with van der Waals surface area (Å²) >= 11 is 3.44. The second kappa shape index (κ2) is 7.61. The van der Waals surface area contributed by atoms with Gasteiger partial charge in [-0.25, -0.2) is 13.4 Å². The van der Waals surface area contributed by atoms with E-state index in [9.17, 15) is 8.42 Å². The Morgan fingerprint density at radius 1 is 0.857 bits per heavy atom. The third kappa shape index (κ3) is 4.00. The van der Waals surface area contributed by atoms with Crippen molar-refractivity contribution >= 4 is 31.6 Å². The largest absolute Gasteiger partial charge is 0.444 e. The lowest BCUT2D eigenvalue weighted by Gasteiger charge is -2.08. The zero-order valence-electron chi connectivity index (χ0n) is 14.5. The average molecular weight is 455 g/mol. The van der Waals surface area contributed by atoms with Gasteiger partial charge in [-0.3, -0.25) is 4.72 Å². The fraction of sp³-hybridized carbons (Fsp3) is 0. The van der Waals surface area contributed by atoms with Crippen LogP contribution in [0.3, 0.4) is 0 Å². The fourth-order valence-electron chi connectivity index (χ4n) is 2.72. The lowest BCUT2D eigenvalue weighted by atomic mass is 10.2. The number of nitrogens with one attached hydrogen (secondary N) is 1. The van der Waals surface area contributed by atoms with Crippen molar-refractivity contribution in [3.05, 3.63) is 89.6 Å². The molecule has 0 fully saturated rings. The lowest BCUT2D eigenvalue weighted by molar-refractivity contribution is 0.575. The maximum absolute atomic E-state index is 12.5. The molecular formula is C21H15BrN2O3S. The van der Waals surface area contributed by atoms with Crippen molar-refractivity contribution in [2.24, 2.45) is 0 Å². The second-order valence-electron chi connectivity index (χ2n) is 6.05. The Labute approximate surface area is 171 Å². The smallest absolute Gasteiger partial charge is 0.261 e. The Bertz CT molecular complexity index is 1220. The first-order chi connectivity index (χ1) is 13.5. The van der Waals surface area contributed by atoms with Crippen molar-refractivity contribution in [3.63, 3.8) is 0 Å². The van der Waals surface area contributed by atoms with Crippen LogP contribution in [-0.4, -0.2) is 13.4 Å². The molecule has 0 aliphatic carbocycles. The fourth-order valence-corrected chi connectivity index (χ4v) is 4.19. The molecule has 140 valence electrons. The third-order valence-corrected chi connectivity index (χ3v) is 5.93. The number of hydrogen-bond donors (Lipinski definition) is 1. The van der Waals surface area contributed by atoms with Crippen LogP contribution in [0.5, 0.6) is 0 Å². The minimum atomic E-state index is -3.66. The van der Waals surface area contributed by atoms with Gasteiger partial charge in [0.1, 0.15) is 12.0 Å². The summed E-state index contributed by atoms with van der Waals surface area (Å²) in [6.07, 6.45) is 1.58. The summed E-state index contributed by atoms with van der Waals surface area (Å²) in [7, 11) is -3.66. The minimum absolute atomic E-state index is 0.202. The van der Waals surface area contributed by atoms with Gasteiger partial charge in [0.2, 0.25) is 5.89 Å². The van der Waals surface area contributed by atoms with Crippen LogP contribution >= 0.6 is 15.9 Å². The Morgan fingerprint density at radius 3 is 2.39 bits per heavy atom. The highest BCUT2D eigenvalue weighted by molar-refractivity contribution is 9.10. The maximum atomic E-state index is 12.5. The SMILES string of the molecule is O=S(=O)(Nc1cccc(-c2nc(-c3cccc(Br)c3)co2)c1)c1ccccc1. The Morgan fingerprint density at radius 2 is 1.61 bits per heavy atom. The normalized spacial score (nSPS) is 11.3. The molecule has 5 nitrogen and oxygen atoms in total. The van der Waals surface area contributed by atoms with E-state index in [4.69, 9.17) is 4.42 Å². The quantitative estimate of drug-likeness (QED) is 0.427. The Kier molecular flexibility index (Phi) is 5.02. The number of sulfonamides is 1. The number of anilines is 1. The van der Waals surface area contributed by atoms with Gasteiger partial charge < -0.3 is 4.42 Å². The molecule has 0 atom stereocenters. The molecule has 28 heavy (non-hydrogen) atoms. The van der Waals surface area contributed by atoms with Gasteiger partial charge in [-0.2, -0.15) is 0 Å². The van der Waals surface area contributed by atoms with E-state index in [0.717, 1.165) is 10.0 Å². The monoisotopic (exact) mass is 454 g/mol. The number of rotatable bonds is 5. The van der Waals surface area contributed by atoms with Crippen molar-refractivity contribution in [2.45, 2.75) is 4.90 Å². The third-order valence-electron chi connectivity index (χ3n) is 4.04. The molecule has 1 N–H and O–H groups in total. The molecule has 1 aromatic heterocycles. The van der Waals surface area contributed by atoms with Gasteiger partial charge in [0, 0.05) is 21.3 Å². The van der Waals surface area contributed by atoms with Gasteiger partial charge in [-0.1, -0.05) is 52.3 Å². The van der Waals surface area contributed by atoms with Crippen molar-refractivity contribution < 1.29 is 12.8 Å². The van der Waals surface area contributed by atoms with Crippen LogP contribution in [0.25, 0.3) is 22.7 Å². The Hall–Kier alpha value is -2.90. The van der Waals surface area contributed by atoms with Crippen molar-refractivity contribution in [1.82, 2.24) is 4.98 Å². The van der Waals surface area contributed by atoms with E-state index >= 15 is 0 Å². The van der Waals surface area contributed by atoms with Crippen LogP contribution in [0.2, 0.25) is 0 Å². The number of benzene rings is 3. The highest BCUT2D eigenvalue weighted by atomic mass is 79.9. The zero-order chi connectivity index (χ0) is 19.6. The van der Waals surface area contributed by atoms with Crippen LogP contribution in [0.4, 0.5) is 5.69 Å². The van der Waals surface area contributed by atoms with Gasteiger partial charge >= 0.3 is 0 Å². The van der Waals surface area contributed by atoms with Crippen LogP contribution in [0.1, 0.15) is 0 Å². The zero-order valence-corrected chi connectivity index (χ0v) is 16.9. The molecule has 7 heteroatoms. The summed E-state index contributed by atoms with van der Waals surface area (Å²) < 4.78 is 34.2. The topological polar surface area (TPSA) is 72.2 Å². The van der Waals surface area contributed by atoms with Gasteiger partial charge in [0.15, 0.2) is 0 Å². The molecule has 0 saturated carbocycles.